The van der Waals surface area contributed by atoms with Crippen molar-refractivity contribution in [2.24, 2.45) is 0 Å². The van der Waals surface area contributed by atoms with Crippen LogP contribution in [0.15, 0.2) is 70.5 Å². The highest BCUT2D eigenvalue weighted by Gasteiger charge is 2.02. The van der Waals surface area contributed by atoms with Crippen molar-refractivity contribution >= 4 is 19.0 Å². The van der Waals surface area contributed by atoms with Gasteiger partial charge in [-0.05, 0) is 42.5 Å². The molecule has 2 aromatic rings. The smallest absolute Gasteiger partial charge is 0.00486 e. The van der Waals surface area contributed by atoms with E-state index in [-0.39, 0.29) is 10.5 Å². The van der Waals surface area contributed by atoms with E-state index in [0.29, 0.717) is 0 Å². The van der Waals surface area contributed by atoms with Gasteiger partial charge in [0.1, 0.15) is 0 Å². The van der Waals surface area contributed by atoms with E-state index in [2.05, 4.69) is 57.0 Å². The van der Waals surface area contributed by atoms with E-state index >= 15 is 0 Å². The van der Waals surface area contributed by atoms with E-state index in [4.69, 9.17) is 0 Å². The molecule has 0 fully saturated rings. The number of rotatable bonds is 2. The molecule has 0 atom stereocenters. The van der Waals surface area contributed by atoms with E-state index in [9.17, 15) is 0 Å². The molecule has 0 N–H and O–H groups in total. The Balaban J connectivity index is 2.30. The van der Waals surface area contributed by atoms with Gasteiger partial charge in [-0.1, -0.05) is 36.4 Å². The summed E-state index contributed by atoms with van der Waals surface area (Å²) in [4.78, 5) is 2.70. The van der Waals surface area contributed by atoms with Gasteiger partial charge in [-0.2, -0.15) is 10.5 Å². The molecule has 0 bridgehead atoms. The molecule has 0 aromatic heterocycles. The summed E-state index contributed by atoms with van der Waals surface area (Å²) >= 11 is 0. The lowest BCUT2D eigenvalue weighted by Crippen LogP contribution is -1.76. The first kappa shape index (κ1) is 9.76. The summed E-state index contributed by atoms with van der Waals surface area (Å²) in [5.41, 5.74) is 0. The van der Waals surface area contributed by atoms with E-state index < -0.39 is 0 Å². The summed E-state index contributed by atoms with van der Waals surface area (Å²) in [6.45, 7) is 0. The van der Waals surface area contributed by atoms with E-state index in [1.54, 1.807) is 0 Å². The second-order valence-electron chi connectivity index (χ2n) is 3.01. The van der Waals surface area contributed by atoms with Crippen LogP contribution in [0, 0.1) is 0 Å². The molecular weight excluding hydrogens is 207 g/mol. The molecule has 0 amide bonds. The maximum absolute atomic E-state index is 3.81. The number of benzene rings is 2. The van der Waals surface area contributed by atoms with Gasteiger partial charge < -0.3 is 0 Å². The van der Waals surface area contributed by atoms with Crippen molar-refractivity contribution in [1.29, 1.82) is 0 Å². The van der Waals surface area contributed by atoms with Crippen LogP contribution in [-0.2, 0) is 0 Å². The van der Waals surface area contributed by atoms with Gasteiger partial charge in [0, 0.05) is 0 Å². The summed E-state index contributed by atoms with van der Waals surface area (Å²) in [7, 11) is 3.45. The third kappa shape index (κ3) is 2.17. The van der Waals surface area contributed by atoms with Gasteiger partial charge in [0.25, 0.3) is 0 Å². The Kier molecular flexibility index (Phi) is 3.23. The van der Waals surface area contributed by atoms with Gasteiger partial charge in [0.2, 0.25) is 0 Å². The lowest BCUT2D eigenvalue weighted by molar-refractivity contribution is 1.40. The van der Waals surface area contributed by atoms with Gasteiger partial charge in [-0.25, -0.2) is 0 Å². The molecule has 0 heterocycles. The molecule has 0 unspecified atom stereocenters. The predicted molar refractivity (Wildman–Crippen MR) is 66.7 cm³/mol. The first-order valence-corrected chi connectivity index (χ1v) is 7.18. The number of hydrogen-bond acceptors (Lipinski definition) is 0. The first-order valence-electron chi connectivity index (χ1n) is 4.49. The van der Waals surface area contributed by atoms with Crippen molar-refractivity contribution in [3.63, 3.8) is 0 Å². The summed E-state index contributed by atoms with van der Waals surface area (Å²) in [6, 6.07) is 21.0. The number of hydrogen-bond donors (Lipinski definition) is 1. The quantitative estimate of drug-likeness (QED) is 0.569. The molecule has 0 nitrogen and oxygen atoms in total. The van der Waals surface area contributed by atoms with Gasteiger partial charge >= 0.3 is 0 Å². The van der Waals surface area contributed by atoms with E-state index in [0.717, 1.165) is 0 Å². The van der Waals surface area contributed by atoms with Crippen LogP contribution in [-0.4, -0.2) is 0 Å². The summed E-state index contributed by atoms with van der Waals surface area (Å²) in [5, 5.41) is 0. The maximum atomic E-state index is 3.81. The zero-order valence-corrected chi connectivity index (χ0v) is 9.62. The summed E-state index contributed by atoms with van der Waals surface area (Å²) < 4.78 is 0. The summed E-state index contributed by atoms with van der Waals surface area (Å²) in [6.07, 6.45) is 0. The van der Waals surface area contributed by atoms with Crippen LogP contribution in [0.25, 0.3) is 0 Å². The zero-order chi connectivity index (χ0) is 9.80. The minimum atomic E-state index is -0.365. The largest absolute Gasteiger partial charge is 0.177 e. The Morgan fingerprint density at radius 3 is 1.36 bits per heavy atom. The highest BCUT2D eigenvalue weighted by molar-refractivity contribution is 8.56. The Labute approximate surface area is 89.7 Å². The lowest BCUT2D eigenvalue weighted by Gasteiger charge is -2.15. The van der Waals surface area contributed by atoms with Crippen molar-refractivity contribution in [3.05, 3.63) is 60.7 Å². The zero-order valence-electron chi connectivity index (χ0n) is 7.72. The van der Waals surface area contributed by atoms with Gasteiger partial charge in [0.05, 0.1) is 0 Å². The Bertz CT molecular complexity index is 346. The van der Waals surface area contributed by atoms with E-state index in [1.165, 1.54) is 9.79 Å². The van der Waals surface area contributed by atoms with Crippen LogP contribution in [0.5, 0.6) is 0 Å². The molecule has 0 spiro atoms. The van der Waals surface area contributed by atoms with Crippen LogP contribution in [0.2, 0.25) is 0 Å². The van der Waals surface area contributed by atoms with Crippen molar-refractivity contribution in [1.82, 2.24) is 0 Å². The summed E-state index contributed by atoms with van der Waals surface area (Å²) in [5.74, 6) is 0. The molecule has 0 saturated heterocycles. The molecule has 14 heavy (non-hydrogen) atoms. The Morgan fingerprint density at radius 2 is 1.00 bits per heavy atom. The van der Waals surface area contributed by atoms with Crippen molar-refractivity contribution in [3.8, 4) is 0 Å². The van der Waals surface area contributed by atoms with Gasteiger partial charge in [-0.15, -0.1) is 0 Å². The molecule has 71 valence electrons. The predicted octanol–water partition coefficient (Wildman–Crippen LogP) is 4.16. The van der Waals surface area contributed by atoms with Crippen LogP contribution in [0.3, 0.4) is 0 Å². The lowest BCUT2D eigenvalue weighted by atomic mass is 10.4. The van der Waals surface area contributed by atoms with Gasteiger partial charge in [0.15, 0.2) is 0 Å². The first-order chi connectivity index (χ1) is 6.88. The maximum Gasteiger partial charge on any atom is -0.00486 e. The molecule has 0 aliphatic heterocycles. The molecule has 2 rings (SSSR count). The highest BCUT2D eigenvalue weighted by atomic mass is 32.7. The fourth-order valence-electron chi connectivity index (χ4n) is 1.30. The molecule has 0 aliphatic rings. The minimum absolute atomic E-state index is 0.365. The van der Waals surface area contributed by atoms with Gasteiger partial charge in [-0.3, -0.25) is 0 Å². The molecule has 0 saturated carbocycles. The SMILES string of the molecule is [PH][SH](c1ccccc1)c1ccccc1. The molecule has 0 aliphatic carbocycles. The monoisotopic (exact) mass is 219 g/mol. The van der Waals surface area contributed by atoms with Crippen LogP contribution >= 0.6 is 19.0 Å². The van der Waals surface area contributed by atoms with Crippen molar-refractivity contribution in [2.45, 2.75) is 9.79 Å². The highest BCUT2D eigenvalue weighted by Crippen LogP contribution is 2.50. The molecule has 1 radical (unpaired) electrons. The third-order valence-electron chi connectivity index (χ3n) is 2.03. The Hall–Kier alpha value is -0.780. The Morgan fingerprint density at radius 1 is 0.643 bits per heavy atom. The normalized spacial score (nSPS) is 11.1. The third-order valence-corrected chi connectivity index (χ3v) is 5.21. The minimum Gasteiger partial charge on any atom is -0.177 e. The van der Waals surface area contributed by atoms with E-state index in [1.807, 2.05) is 12.1 Å². The average Bonchev–Trinajstić information content (AvgIpc) is 2.30. The molecule has 2 heteroatoms. The van der Waals surface area contributed by atoms with Crippen LogP contribution < -0.4 is 0 Å². The fraction of sp³-hybridized carbons (Fsp3) is 0. The fourth-order valence-corrected chi connectivity index (χ4v) is 3.44. The topological polar surface area (TPSA) is 0 Å². The van der Waals surface area contributed by atoms with Crippen LogP contribution in [0.1, 0.15) is 0 Å². The van der Waals surface area contributed by atoms with Crippen molar-refractivity contribution in [2.75, 3.05) is 0 Å². The molecular formula is C12H12PS. The average molecular weight is 219 g/mol. The second kappa shape index (κ2) is 4.63. The number of thiol groups is 1. The van der Waals surface area contributed by atoms with Crippen LogP contribution in [0.4, 0.5) is 0 Å². The standard InChI is InChI=1S/C12H12PS/c13-14(11-7-3-1-4-8-11)12-9-5-2-6-10-12/h1-10,13-14H. The molecule has 2 aromatic carbocycles. The van der Waals surface area contributed by atoms with Crippen molar-refractivity contribution < 1.29 is 0 Å². The second-order valence-corrected chi connectivity index (χ2v) is 6.05.